The van der Waals surface area contributed by atoms with Crippen LogP contribution in [0.25, 0.3) is 0 Å². The van der Waals surface area contributed by atoms with Gasteiger partial charge >= 0.3 is 5.69 Å². The topological polar surface area (TPSA) is 108 Å². The molecular weight excluding hydrogens is 338 g/mol. The summed E-state index contributed by atoms with van der Waals surface area (Å²) in [6, 6.07) is 0. The molecule has 1 saturated heterocycles. The van der Waals surface area contributed by atoms with Crippen LogP contribution in [-0.2, 0) is 4.74 Å². The summed E-state index contributed by atoms with van der Waals surface area (Å²) in [5.74, 6) is 10.4. The lowest BCUT2D eigenvalue weighted by Crippen LogP contribution is -2.33. The predicted octanol–water partition coefficient (Wildman–Crippen LogP) is -1.90. The van der Waals surface area contributed by atoms with Gasteiger partial charge in [-0.1, -0.05) is 23.7 Å². The molecule has 26 heavy (non-hydrogen) atoms. The minimum absolute atomic E-state index is 0.0662. The number of aliphatic hydroxyl groups is 2. The van der Waals surface area contributed by atoms with Crippen LogP contribution in [0.2, 0.25) is 0 Å². The van der Waals surface area contributed by atoms with Crippen LogP contribution in [0.5, 0.6) is 0 Å². The van der Waals surface area contributed by atoms with Gasteiger partial charge in [0.2, 0.25) is 0 Å². The largest absolute Gasteiger partial charge is 0.394 e. The van der Waals surface area contributed by atoms with Crippen molar-refractivity contribution in [2.75, 3.05) is 26.2 Å². The Morgan fingerprint density at radius 1 is 1.31 bits per heavy atom. The van der Waals surface area contributed by atoms with E-state index in [-0.39, 0.29) is 25.1 Å². The van der Waals surface area contributed by atoms with Crippen LogP contribution in [0, 0.1) is 36.5 Å². The molecule has 136 valence electrons. The Hall–Kier alpha value is -2.80. The van der Waals surface area contributed by atoms with Crippen molar-refractivity contribution >= 4 is 0 Å². The molecular formula is C18H19N3O5. The summed E-state index contributed by atoms with van der Waals surface area (Å²) in [5.41, 5.74) is -1.24. The monoisotopic (exact) mass is 357 g/mol. The summed E-state index contributed by atoms with van der Waals surface area (Å²) in [6.45, 7) is 0.539. The first-order valence-corrected chi connectivity index (χ1v) is 7.88. The maximum Gasteiger partial charge on any atom is 0.330 e. The van der Waals surface area contributed by atoms with E-state index in [0.717, 1.165) is 4.57 Å². The lowest BCUT2D eigenvalue weighted by molar-refractivity contribution is -0.0459. The van der Waals surface area contributed by atoms with Gasteiger partial charge in [0.1, 0.15) is 17.9 Å². The number of aromatic amines is 1. The normalized spacial score (nSPS) is 21.7. The van der Waals surface area contributed by atoms with E-state index in [0.29, 0.717) is 13.1 Å². The summed E-state index contributed by atoms with van der Waals surface area (Å²) >= 11 is 0. The molecule has 8 heteroatoms. The smallest absolute Gasteiger partial charge is 0.330 e. The summed E-state index contributed by atoms with van der Waals surface area (Å²) in [4.78, 5) is 27.9. The number of hydrogen-bond acceptors (Lipinski definition) is 6. The highest BCUT2D eigenvalue weighted by Crippen LogP contribution is 2.27. The molecule has 0 unspecified atom stereocenters. The van der Waals surface area contributed by atoms with Gasteiger partial charge in [0, 0.05) is 12.6 Å². The highest BCUT2D eigenvalue weighted by Gasteiger charge is 2.35. The minimum atomic E-state index is -0.903. The standard InChI is InChI=1S/C18H19N3O5/c1-3-7-20(8-4-2)9-5-6-13-11-21(18(25)19-17(13)24)16-10-14(23)15(12-22)26-16/h1-2,11,14-16,22-23H,7-10,12H2,(H,19,24,25)/t14-,15+,16+/m0/s1. The molecule has 8 nitrogen and oxygen atoms in total. The van der Waals surface area contributed by atoms with Gasteiger partial charge in [-0.2, -0.15) is 0 Å². The second-order valence-corrected chi connectivity index (χ2v) is 5.68. The number of nitrogens with one attached hydrogen (secondary N) is 1. The lowest BCUT2D eigenvalue weighted by Gasteiger charge is -2.14. The number of hydrogen-bond donors (Lipinski definition) is 3. The number of aliphatic hydroxyl groups excluding tert-OH is 2. The Balaban J connectivity index is 2.23. The Bertz CT molecular complexity index is 877. The van der Waals surface area contributed by atoms with Crippen LogP contribution in [-0.4, -0.2) is 63.1 Å². The molecule has 1 fully saturated rings. The maximum absolute atomic E-state index is 12.0. The van der Waals surface area contributed by atoms with E-state index >= 15 is 0 Å². The Kier molecular flexibility index (Phi) is 6.80. The molecule has 3 N–H and O–H groups in total. The van der Waals surface area contributed by atoms with Crippen molar-refractivity contribution in [3.63, 3.8) is 0 Å². The van der Waals surface area contributed by atoms with Gasteiger partial charge in [0.15, 0.2) is 0 Å². The molecule has 0 bridgehead atoms. The third kappa shape index (κ3) is 4.64. The first kappa shape index (κ1) is 19.5. The Labute approximate surface area is 150 Å². The maximum atomic E-state index is 12.0. The third-order valence-corrected chi connectivity index (χ3v) is 3.82. The van der Waals surface area contributed by atoms with E-state index in [4.69, 9.17) is 22.7 Å². The number of terminal acetylenes is 2. The van der Waals surface area contributed by atoms with Gasteiger partial charge in [0.05, 0.1) is 32.3 Å². The zero-order valence-corrected chi connectivity index (χ0v) is 14.0. The molecule has 0 amide bonds. The van der Waals surface area contributed by atoms with Gasteiger partial charge in [-0.3, -0.25) is 19.2 Å². The molecule has 1 aromatic heterocycles. The van der Waals surface area contributed by atoms with E-state index in [2.05, 4.69) is 28.7 Å². The van der Waals surface area contributed by atoms with Crippen LogP contribution in [0.4, 0.5) is 0 Å². The third-order valence-electron chi connectivity index (χ3n) is 3.82. The fraction of sp³-hybridized carbons (Fsp3) is 0.444. The van der Waals surface area contributed by atoms with Crippen molar-refractivity contribution in [3.05, 3.63) is 32.6 Å². The Morgan fingerprint density at radius 3 is 2.58 bits per heavy atom. The fourth-order valence-corrected chi connectivity index (χ4v) is 2.51. The van der Waals surface area contributed by atoms with Crippen molar-refractivity contribution in [3.8, 4) is 36.5 Å². The summed E-state index contributed by atoms with van der Waals surface area (Å²) < 4.78 is 6.58. The van der Waals surface area contributed by atoms with Gasteiger partial charge in [-0.25, -0.2) is 4.79 Å². The van der Waals surface area contributed by atoms with Crippen molar-refractivity contribution in [1.82, 2.24) is 14.5 Å². The van der Waals surface area contributed by atoms with E-state index in [1.807, 2.05) is 0 Å². The summed E-state index contributed by atoms with van der Waals surface area (Å²) in [7, 11) is 0. The first-order chi connectivity index (χ1) is 12.5. The van der Waals surface area contributed by atoms with Gasteiger partial charge < -0.3 is 14.9 Å². The van der Waals surface area contributed by atoms with Gasteiger partial charge in [-0.15, -0.1) is 12.8 Å². The molecule has 2 heterocycles. The number of aromatic nitrogens is 2. The quantitative estimate of drug-likeness (QED) is 0.531. The zero-order valence-electron chi connectivity index (χ0n) is 14.0. The molecule has 0 radical (unpaired) electrons. The zero-order chi connectivity index (χ0) is 19.1. The highest BCUT2D eigenvalue weighted by atomic mass is 16.5. The number of rotatable bonds is 5. The molecule has 0 saturated carbocycles. The SMILES string of the molecule is C#CCN(CC#C)CC#Cc1cn([C@H]2C[C@H](O)[C@@H](CO)O2)c(=O)[nH]c1=O. The van der Waals surface area contributed by atoms with E-state index in [1.165, 1.54) is 6.20 Å². The van der Waals surface area contributed by atoms with Crippen LogP contribution in [0.1, 0.15) is 18.2 Å². The number of nitrogens with zero attached hydrogens (tertiary/aromatic N) is 2. The molecule has 0 aliphatic carbocycles. The van der Waals surface area contributed by atoms with Crippen molar-refractivity contribution in [2.45, 2.75) is 24.9 Å². The van der Waals surface area contributed by atoms with Crippen LogP contribution in [0.15, 0.2) is 15.8 Å². The Morgan fingerprint density at radius 2 is 2.00 bits per heavy atom. The number of H-pyrrole nitrogens is 1. The lowest BCUT2D eigenvalue weighted by atomic mass is 10.2. The van der Waals surface area contributed by atoms with Crippen LogP contribution in [0.3, 0.4) is 0 Å². The molecule has 1 aliphatic rings. The first-order valence-electron chi connectivity index (χ1n) is 7.88. The predicted molar refractivity (Wildman–Crippen MR) is 93.9 cm³/mol. The molecule has 2 rings (SSSR count). The van der Waals surface area contributed by atoms with Gasteiger partial charge in [0.25, 0.3) is 5.56 Å². The molecule has 1 aromatic rings. The second-order valence-electron chi connectivity index (χ2n) is 5.68. The minimum Gasteiger partial charge on any atom is -0.394 e. The van der Waals surface area contributed by atoms with E-state index in [1.54, 1.807) is 4.90 Å². The van der Waals surface area contributed by atoms with E-state index < -0.39 is 29.7 Å². The van der Waals surface area contributed by atoms with Crippen molar-refractivity contribution in [1.29, 1.82) is 0 Å². The average Bonchev–Trinajstić information content (AvgIpc) is 2.97. The van der Waals surface area contributed by atoms with Crippen LogP contribution >= 0.6 is 0 Å². The summed E-state index contributed by atoms with van der Waals surface area (Å²) in [6.07, 6.45) is 9.41. The average molecular weight is 357 g/mol. The van der Waals surface area contributed by atoms with Crippen molar-refractivity contribution in [2.24, 2.45) is 0 Å². The van der Waals surface area contributed by atoms with E-state index in [9.17, 15) is 14.7 Å². The summed E-state index contributed by atoms with van der Waals surface area (Å²) in [5, 5.41) is 18.9. The fourth-order valence-electron chi connectivity index (χ4n) is 2.51. The highest BCUT2D eigenvalue weighted by molar-refractivity contribution is 5.30. The molecule has 0 spiro atoms. The van der Waals surface area contributed by atoms with Crippen LogP contribution < -0.4 is 11.2 Å². The molecule has 1 aliphatic heterocycles. The molecule has 3 atom stereocenters. The number of ether oxygens (including phenoxy) is 1. The second kappa shape index (κ2) is 9.05. The van der Waals surface area contributed by atoms with Crippen molar-refractivity contribution < 1.29 is 14.9 Å². The molecule has 0 aromatic carbocycles. The van der Waals surface area contributed by atoms with Gasteiger partial charge in [-0.05, 0) is 0 Å².